The largest absolute Gasteiger partial charge is 0.465 e. The number of rotatable bonds is 9. The molecule has 5 rings (SSSR count). The Morgan fingerprint density at radius 3 is 2.79 bits per heavy atom. The molecular weight excluding hydrogens is 512 g/mol. The van der Waals surface area contributed by atoms with E-state index in [1.54, 1.807) is 6.33 Å². The highest BCUT2D eigenvalue weighted by atomic mass is 28.3. The molecule has 0 bridgehead atoms. The van der Waals surface area contributed by atoms with Crippen LogP contribution < -0.4 is 0 Å². The summed E-state index contributed by atoms with van der Waals surface area (Å²) in [4.78, 5) is 24.4. The highest BCUT2D eigenvalue weighted by Gasteiger charge is 2.49. The number of carboxylic acid groups (broad SMARTS) is 1. The van der Waals surface area contributed by atoms with Gasteiger partial charge in [0.05, 0.1) is 24.4 Å². The maximum atomic E-state index is 11.4. The summed E-state index contributed by atoms with van der Waals surface area (Å²) in [5, 5.41) is 24.7. The van der Waals surface area contributed by atoms with Gasteiger partial charge in [0.2, 0.25) is 0 Å². The normalized spacial score (nSPS) is 21.6. The number of nitriles is 1. The molecule has 2 unspecified atom stereocenters. The minimum absolute atomic E-state index is 0.0123. The van der Waals surface area contributed by atoms with Gasteiger partial charge in [-0.05, 0) is 31.9 Å². The number of nitrogens with zero attached hydrogens (tertiary/aromatic N) is 8. The van der Waals surface area contributed by atoms with Crippen LogP contribution in [0.3, 0.4) is 0 Å². The van der Waals surface area contributed by atoms with Crippen LogP contribution in [0.15, 0.2) is 31.0 Å². The molecule has 5 heterocycles. The van der Waals surface area contributed by atoms with Crippen LogP contribution in [0.1, 0.15) is 26.2 Å². The summed E-state index contributed by atoms with van der Waals surface area (Å²) in [6.07, 6.45) is 8.49. The molecule has 1 N–H and O–H groups in total. The van der Waals surface area contributed by atoms with Gasteiger partial charge in [0.15, 0.2) is 0 Å². The number of fused-ring (bicyclic) bond motifs is 1. The van der Waals surface area contributed by atoms with Crippen molar-refractivity contribution in [2.75, 3.05) is 26.2 Å². The minimum Gasteiger partial charge on any atom is -0.465 e. The summed E-state index contributed by atoms with van der Waals surface area (Å²) < 4.78 is 9.88. The molecule has 2 atom stereocenters. The lowest BCUT2D eigenvalue weighted by Crippen LogP contribution is -2.67. The summed E-state index contributed by atoms with van der Waals surface area (Å²) >= 11 is 0. The molecule has 2 saturated heterocycles. The first-order chi connectivity index (χ1) is 18.6. The maximum Gasteiger partial charge on any atom is 0.407 e. The predicted octanol–water partition coefficient (Wildman–Crippen LogP) is 4.06. The van der Waals surface area contributed by atoms with E-state index in [4.69, 9.17) is 9.84 Å². The van der Waals surface area contributed by atoms with Gasteiger partial charge in [-0.2, -0.15) is 10.4 Å². The third kappa shape index (κ3) is 5.57. The van der Waals surface area contributed by atoms with Crippen molar-refractivity contribution >= 4 is 25.2 Å². The molecule has 12 heteroatoms. The SMILES string of the molecule is CC1CC(N2CC(CC#N)(n3cc(-c4ncnc5c4ccn5COCC[Si](C)(C)C)cn3)C2)CCN1C(=O)O. The fourth-order valence-corrected chi connectivity index (χ4v) is 6.56. The summed E-state index contributed by atoms with van der Waals surface area (Å²) in [7, 11) is -1.14. The minimum atomic E-state index is -1.14. The third-order valence-corrected chi connectivity index (χ3v) is 9.84. The van der Waals surface area contributed by atoms with Gasteiger partial charge in [0.1, 0.15) is 24.2 Å². The highest BCUT2D eigenvalue weighted by Crippen LogP contribution is 2.38. The van der Waals surface area contributed by atoms with Crippen molar-refractivity contribution in [1.29, 1.82) is 5.26 Å². The Kier molecular flexibility index (Phi) is 7.50. The van der Waals surface area contributed by atoms with Gasteiger partial charge in [-0.25, -0.2) is 14.8 Å². The average Bonchev–Trinajstić information content (AvgIpc) is 3.51. The molecular formula is C27H38N8O3Si. The number of hydrogen-bond donors (Lipinski definition) is 1. The van der Waals surface area contributed by atoms with Gasteiger partial charge in [0, 0.05) is 69.7 Å². The van der Waals surface area contributed by atoms with Crippen molar-refractivity contribution in [3.63, 3.8) is 0 Å². The van der Waals surface area contributed by atoms with E-state index in [1.165, 1.54) is 4.90 Å². The van der Waals surface area contributed by atoms with Gasteiger partial charge in [0.25, 0.3) is 0 Å². The van der Waals surface area contributed by atoms with Crippen molar-refractivity contribution in [1.82, 2.24) is 34.1 Å². The third-order valence-electron chi connectivity index (χ3n) is 8.14. The van der Waals surface area contributed by atoms with Crippen LogP contribution >= 0.6 is 0 Å². The number of piperidine rings is 1. The summed E-state index contributed by atoms with van der Waals surface area (Å²) in [5.74, 6) is 0. The number of likely N-dealkylation sites (tertiary alicyclic amines) is 2. The molecule has 3 aromatic rings. The molecule has 2 aliphatic heterocycles. The van der Waals surface area contributed by atoms with Crippen LogP contribution in [-0.2, 0) is 17.0 Å². The van der Waals surface area contributed by atoms with Crippen LogP contribution in [0, 0.1) is 11.3 Å². The van der Waals surface area contributed by atoms with E-state index in [1.807, 2.05) is 40.8 Å². The Hall–Kier alpha value is -3.27. The lowest BCUT2D eigenvalue weighted by atomic mass is 9.83. The Balaban J connectivity index is 1.29. The number of amides is 1. The van der Waals surface area contributed by atoms with E-state index < -0.39 is 19.7 Å². The molecule has 2 fully saturated rings. The fraction of sp³-hybridized carbons (Fsp3) is 0.593. The molecule has 2 aliphatic rings. The molecule has 1 amide bonds. The van der Waals surface area contributed by atoms with Gasteiger partial charge in [-0.15, -0.1) is 0 Å². The topological polar surface area (TPSA) is 125 Å². The Bertz CT molecular complexity index is 1370. The molecule has 0 spiro atoms. The van der Waals surface area contributed by atoms with E-state index >= 15 is 0 Å². The summed E-state index contributed by atoms with van der Waals surface area (Å²) in [6.45, 7) is 12.2. The Morgan fingerprint density at radius 2 is 2.10 bits per heavy atom. The number of carbonyl (C=O) groups is 1. The van der Waals surface area contributed by atoms with Crippen molar-refractivity contribution < 1.29 is 14.6 Å². The molecule has 0 radical (unpaired) electrons. The molecule has 0 aliphatic carbocycles. The Labute approximate surface area is 230 Å². The van der Waals surface area contributed by atoms with Crippen molar-refractivity contribution in [2.45, 2.75) is 76.2 Å². The van der Waals surface area contributed by atoms with E-state index in [2.05, 4.69) is 40.6 Å². The lowest BCUT2D eigenvalue weighted by Gasteiger charge is -2.54. The second kappa shape index (κ2) is 10.7. The zero-order chi connectivity index (χ0) is 27.8. The maximum absolute atomic E-state index is 11.4. The van der Waals surface area contributed by atoms with E-state index in [0.717, 1.165) is 60.9 Å². The molecule has 208 valence electrons. The highest BCUT2D eigenvalue weighted by molar-refractivity contribution is 6.76. The van der Waals surface area contributed by atoms with E-state index in [-0.39, 0.29) is 6.04 Å². The molecule has 39 heavy (non-hydrogen) atoms. The molecule has 0 aromatic carbocycles. The standard InChI is InChI=1S/C27H38N8O3Si/c1-20-13-22(5-10-34(20)26(36)37)33-16-27(17-33,7-8-28)35-15-21(14-31-35)24-23-6-9-32(25(23)30-18-29-24)19-38-11-12-39(2,3)4/h6,9,14-15,18,20,22H,5,7,10-13,16-17,19H2,1-4H3,(H,36,37). The van der Waals surface area contributed by atoms with Gasteiger partial charge in [-0.1, -0.05) is 19.6 Å². The van der Waals surface area contributed by atoms with Crippen molar-refractivity contribution in [3.8, 4) is 17.3 Å². The van der Waals surface area contributed by atoms with Crippen molar-refractivity contribution in [2.24, 2.45) is 0 Å². The summed E-state index contributed by atoms with van der Waals surface area (Å²) in [6, 6.07) is 5.80. The zero-order valence-corrected chi connectivity index (χ0v) is 24.2. The first-order valence-corrected chi connectivity index (χ1v) is 17.3. The molecule has 11 nitrogen and oxygen atoms in total. The smallest absolute Gasteiger partial charge is 0.407 e. The van der Waals surface area contributed by atoms with Gasteiger partial charge >= 0.3 is 6.09 Å². The zero-order valence-electron chi connectivity index (χ0n) is 23.2. The molecule has 3 aromatic heterocycles. The van der Waals surface area contributed by atoms with Crippen LogP contribution in [-0.4, -0.2) is 91.7 Å². The van der Waals surface area contributed by atoms with Crippen molar-refractivity contribution in [3.05, 3.63) is 31.0 Å². The Morgan fingerprint density at radius 1 is 1.31 bits per heavy atom. The van der Waals surface area contributed by atoms with E-state index in [0.29, 0.717) is 25.7 Å². The predicted molar refractivity (Wildman–Crippen MR) is 150 cm³/mol. The summed E-state index contributed by atoms with van der Waals surface area (Å²) in [5.41, 5.74) is 2.12. The van der Waals surface area contributed by atoms with Gasteiger partial charge in [-0.3, -0.25) is 9.58 Å². The quantitative estimate of drug-likeness (QED) is 0.312. The molecule has 0 saturated carbocycles. The van der Waals surface area contributed by atoms with Crippen LogP contribution in [0.5, 0.6) is 0 Å². The second-order valence-electron chi connectivity index (χ2n) is 12.2. The number of hydrogen-bond acceptors (Lipinski definition) is 7. The van der Waals surface area contributed by atoms with E-state index in [9.17, 15) is 15.2 Å². The van der Waals surface area contributed by atoms with Gasteiger partial charge < -0.3 is 19.3 Å². The average molecular weight is 551 g/mol. The van der Waals surface area contributed by atoms with Crippen LogP contribution in [0.2, 0.25) is 25.7 Å². The van der Waals surface area contributed by atoms with Crippen LogP contribution in [0.4, 0.5) is 4.79 Å². The number of aromatic nitrogens is 5. The number of ether oxygens (including phenoxy) is 1. The first-order valence-electron chi connectivity index (χ1n) is 13.6. The van der Waals surface area contributed by atoms with Crippen LogP contribution in [0.25, 0.3) is 22.3 Å². The fourth-order valence-electron chi connectivity index (χ4n) is 5.80. The second-order valence-corrected chi connectivity index (χ2v) is 17.9. The first kappa shape index (κ1) is 27.3. The monoisotopic (exact) mass is 550 g/mol. The lowest BCUT2D eigenvalue weighted by molar-refractivity contribution is -0.0484.